The molecule has 7 nitrogen and oxygen atoms in total. The minimum Gasteiger partial charge on any atom is -0.321 e. The Morgan fingerprint density at radius 1 is 1.16 bits per heavy atom. The van der Waals surface area contributed by atoms with Gasteiger partial charge in [-0.2, -0.15) is 10.2 Å². The average molecular weight is 481 g/mol. The van der Waals surface area contributed by atoms with Crippen molar-refractivity contribution in [3.05, 3.63) is 88.4 Å². The zero-order valence-corrected chi connectivity index (χ0v) is 18.3. The molecule has 4 aromatic rings. The zero-order valence-electron chi connectivity index (χ0n) is 16.8. The van der Waals surface area contributed by atoms with Crippen molar-refractivity contribution < 1.29 is 9.18 Å². The Morgan fingerprint density at radius 2 is 1.94 bits per heavy atom. The van der Waals surface area contributed by atoms with Crippen molar-refractivity contribution >= 4 is 33.6 Å². The number of carbonyl (C=O) groups excluding carboxylic acids is 1. The van der Waals surface area contributed by atoms with E-state index in [1.165, 1.54) is 24.5 Å². The second-order valence-electron chi connectivity index (χ2n) is 6.80. The molecule has 1 amide bonds. The molecule has 2 aromatic carbocycles. The number of aromatic nitrogens is 5. The molecule has 0 aliphatic heterocycles. The number of nitrogens with zero attached hydrogens (tertiary/aromatic N) is 5. The summed E-state index contributed by atoms with van der Waals surface area (Å²) < 4.78 is 17.3. The first-order valence-electron chi connectivity index (χ1n) is 9.38. The Morgan fingerprint density at radius 3 is 2.65 bits per heavy atom. The number of hydrogen-bond acceptors (Lipinski definition) is 4. The van der Waals surface area contributed by atoms with Crippen LogP contribution in [0.4, 0.5) is 10.1 Å². The van der Waals surface area contributed by atoms with E-state index >= 15 is 0 Å². The van der Waals surface area contributed by atoms with Crippen molar-refractivity contribution in [2.45, 2.75) is 13.8 Å². The maximum absolute atomic E-state index is 13.2. The van der Waals surface area contributed by atoms with E-state index in [0.29, 0.717) is 11.4 Å². The van der Waals surface area contributed by atoms with Gasteiger partial charge in [-0.1, -0.05) is 15.9 Å². The van der Waals surface area contributed by atoms with E-state index in [4.69, 9.17) is 0 Å². The Hall–Kier alpha value is -3.59. The number of anilines is 1. The number of aryl methyl sites for hydroxylation is 1. The highest BCUT2D eigenvalue weighted by Crippen LogP contribution is 2.25. The molecule has 0 spiro atoms. The molecule has 0 saturated carbocycles. The van der Waals surface area contributed by atoms with Gasteiger partial charge in [0.25, 0.3) is 0 Å². The van der Waals surface area contributed by atoms with E-state index in [-0.39, 0.29) is 11.7 Å². The first kappa shape index (κ1) is 20.7. The average Bonchev–Trinajstić information content (AvgIpc) is 3.36. The summed E-state index contributed by atoms with van der Waals surface area (Å²) in [6, 6.07) is 11.6. The fourth-order valence-corrected chi connectivity index (χ4v) is 3.56. The van der Waals surface area contributed by atoms with Crippen molar-refractivity contribution in [3.8, 4) is 11.4 Å². The molecule has 2 heterocycles. The van der Waals surface area contributed by atoms with Gasteiger partial charge < -0.3 is 5.32 Å². The van der Waals surface area contributed by atoms with E-state index < -0.39 is 0 Å². The van der Waals surface area contributed by atoms with Gasteiger partial charge in [0.05, 0.1) is 22.8 Å². The van der Waals surface area contributed by atoms with Crippen molar-refractivity contribution in [2.75, 3.05) is 5.32 Å². The first-order valence-corrected chi connectivity index (χ1v) is 10.2. The van der Waals surface area contributed by atoms with Crippen molar-refractivity contribution in [3.63, 3.8) is 0 Å². The highest BCUT2D eigenvalue weighted by molar-refractivity contribution is 9.10. The first-order chi connectivity index (χ1) is 14.9. The highest BCUT2D eigenvalue weighted by atomic mass is 79.9. The summed E-state index contributed by atoms with van der Waals surface area (Å²) in [4.78, 5) is 16.6. The number of hydrogen-bond donors (Lipinski definition) is 1. The number of carbonyl (C=O) groups is 1. The predicted octanol–water partition coefficient (Wildman–Crippen LogP) is 4.62. The molecule has 0 atom stereocenters. The molecule has 0 bridgehead atoms. The van der Waals surface area contributed by atoms with Crippen LogP contribution in [0.2, 0.25) is 0 Å². The van der Waals surface area contributed by atoms with Crippen molar-refractivity contribution in [2.24, 2.45) is 0 Å². The van der Waals surface area contributed by atoms with E-state index in [1.807, 2.05) is 26.0 Å². The van der Waals surface area contributed by atoms with Crippen LogP contribution in [0.15, 0.2) is 65.7 Å². The summed E-state index contributed by atoms with van der Waals surface area (Å²) in [6.07, 6.45) is 6.17. The van der Waals surface area contributed by atoms with Crippen molar-refractivity contribution in [1.82, 2.24) is 24.5 Å². The van der Waals surface area contributed by atoms with Gasteiger partial charge in [0, 0.05) is 21.8 Å². The molecule has 0 saturated heterocycles. The summed E-state index contributed by atoms with van der Waals surface area (Å²) in [6.45, 7) is 3.76. The molecule has 31 heavy (non-hydrogen) atoms. The highest BCUT2D eigenvalue weighted by Gasteiger charge is 2.12. The molecule has 0 radical (unpaired) electrons. The normalized spacial score (nSPS) is 11.2. The standard InChI is InChI=1S/C22H18BrFN6O/c1-14-19(15(2)30(28-14)18-6-4-17(24)5-7-18)8-10-22(31)27-20-11-16(23)3-9-21(20)29-13-25-12-26-29/h3-13H,1-2H3,(H,27,31)/b10-8+. The van der Waals surface area contributed by atoms with Crippen LogP contribution in [0.1, 0.15) is 17.0 Å². The van der Waals surface area contributed by atoms with Gasteiger partial charge in [-0.05, 0) is 62.4 Å². The van der Waals surface area contributed by atoms with Gasteiger partial charge in [-0.15, -0.1) is 0 Å². The number of nitrogens with one attached hydrogen (secondary N) is 1. The van der Waals surface area contributed by atoms with E-state index in [9.17, 15) is 9.18 Å². The predicted molar refractivity (Wildman–Crippen MR) is 120 cm³/mol. The number of halogens is 2. The Balaban J connectivity index is 1.57. The summed E-state index contributed by atoms with van der Waals surface area (Å²) in [5.41, 5.74) is 4.46. The van der Waals surface area contributed by atoms with E-state index in [2.05, 4.69) is 36.4 Å². The van der Waals surface area contributed by atoms with Crippen LogP contribution in [0.3, 0.4) is 0 Å². The number of rotatable bonds is 5. The third-order valence-corrected chi connectivity index (χ3v) is 5.20. The molecule has 4 rings (SSSR count). The monoisotopic (exact) mass is 480 g/mol. The van der Waals surface area contributed by atoms with Crippen LogP contribution in [0, 0.1) is 19.7 Å². The lowest BCUT2D eigenvalue weighted by molar-refractivity contribution is -0.111. The second kappa shape index (κ2) is 8.65. The quantitative estimate of drug-likeness (QED) is 0.422. The summed E-state index contributed by atoms with van der Waals surface area (Å²) in [7, 11) is 0. The van der Waals surface area contributed by atoms with Gasteiger partial charge in [0.2, 0.25) is 5.91 Å². The second-order valence-corrected chi connectivity index (χ2v) is 7.71. The molecule has 0 fully saturated rings. The molecule has 0 aliphatic rings. The minimum absolute atomic E-state index is 0.298. The molecule has 1 N–H and O–H groups in total. The van der Waals surface area contributed by atoms with Crippen LogP contribution in [-0.2, 0) is 4.79 Å². The number of benzene rings is 2. The van der Waals surface area contributed by atoms with Gasteiger partial charge in [0.1, 0.15) is 18.5 Å². The lowest BCUT2D eigenvalue weighted by Crippen LogP contribution is -2.11. The van der Waals surface area contributed by atoms with Crippen LogP contribution < -0.4 is 5.32 Å². The third kappa shape index (κ3) is 4.46. The third-order valence-electron chi connectivity index (χ3n) is 4.70. The molecular formula is C22H18BrFN6O. The molecule has 0 unspecified atom stereocenters. The topological polar surface area (TPSA) is 77.6 Å². The molecule has 2 aromatic heterocycles. The summed E-state index contributed by atoms with van der Waals surface area (Å²) in [5, 5.41) is 11.5. The largest absolute Gasteiger partial charge is 0.321 e. The fourth-order valence-electron chi connectivity index (χ4n) is 3.20. The summed E-state index contributed by atoms with van der Waals surface area (Å²) >= 11 is 3.42. The maximum Gasteiger partial charge on any atom is 0.248 e. The lowest BCUT2D eigenvalue weighted by atomic mass is 10.1. The number of amides is 1. The molecule has 0 aliphatic carbocycles. The minimum atomic E-state index is -0.306. The van der Waals surface area contributed by atoms with Gasteiger partial charge in [-0.25, -0.2) is 18.7 Å². The Kier molecular flexibility index (Phi) is 5.77. The van der Waals surface area contributed by atoms with Gasteiger partial charge in [0.15, 0.2) is 0 Å². The maximum atomic E-state index is 13.2. The van der Waals surface area contributed by atoms with Crippen molar-refractivity contribution in [1.29, 1.82) is 0 Å². The SMILES string of the molecule is Cc1nn(-c2ccc(F)cc2)c(C)c1/C=C/C(=O)Nc1cc(Br)ccc1-n1cncn1. The zero-order chi connectivity index (χ0) is 22.0. The summed E-state index contributed by atoms with van der Waals surface area (Å²) in [5.74, 6) is -0.604. The Bertz CT molecular complexity index is 1260. The molecule has 156 valence electrons. The van der Waals surface area contributed by atoms with E-state index in [0.717, 1.165) is 27.1 Å². The van der Waals surface area contributed by atoms with Crippen LogP contribution in [0.25, 0.3) is 17.5 Å². The Labute approximate surface area is 186 Å². The fraction of sp³-hybridized carbons (Fsp3) is 0.0909. The molecular weight excluding hydrogens is 463 g/mol. The lowest BCUT2D eigenvalue weighted by Gasteiger charge is -2.10. The molecule has 9 heteroatoms. The van der Waals surface area contributed by atoms with Crippen LogP contribution in [0.5, 0.6) is 0 Å². The van der Waals surface area contributed by atoms with E-state index in [1.54, 1.807) is 40.0 Å². The van der Waals surface area contributed by atoms with Gasteiger partial charge in [-0.3, -0.25) is 4.79 Å². The van der Waals surface area contributed by atoms with Gasteiger partial charge >= 0.3 is 0 Å². The van der Waals surface area contributed by atoms with Crippen LogP contribution in [-0.4, -0.2) is 30.5 Å². The van der Waals surface area contributed by atoms with Crippen LogP contribution >= 0.6 is 15.9 Å². The smallest absolute Gasteiger partial charge is 0.248 e.